The molecule has 0 saturated carbocycles. The lowest BCUT2D eigenvalue weighted by Crippen LogP contribution is -2.17. The second-order valence-corrected chi connectivity index (χ2v) is 6.03. The van der Waals surface area contributed by atoms with E-state index in [1.165, 1.54) is 11.1 Å². The number of benzene rings is 1. The van der Waals surface area contributed by atoms with E-state index in [2.05, 4.69) is 35.8 Å². The molecule has 0 atom stereocenters. The zero-order valence-electron chi connectivity index (χ0n) is 15.4. The molecule has 0 radical (unpaired) electrons. The van der Waals surface area contributed by atoms with Crippen molar-refractivity contribution in [1.29, 1.82) is 0 Å². The number of hydrogen-bond acceptors (Lipinski definition) is 3. The lowest BCUT2D eigenvalue weighted by atomic mass is 10.1. The summed E-state index contributed by atoms with van der Waals surface area (Å²) in [5.41, 5.74) is 6.15. The molecule has 0 saturated heterocycles. The van der Waals surface area contributed by atoms with Gasteiger partial charge in [0.05, 0.1) is 0 Å². The van der Waals surface area contributed by atoms with Crippen LogP contribution in [0.15, 0.2) is 52.7 Å². The Morgan fingerprint density at radius 1 is 1.12 bits per heavy atom. The molecule has 25 heavy (non-hydrogen) atoms. The maximum atomic E-state index is 12.0. The molecule has 0 aliphatic carbocycles. The molecule has 0 aromatic heterocycles. The van der Waals surface area contributed by atoms with E-state index in [1.807, 2.05) is 13.0 Å². The molecule has 0 aliphatic heterocycles. The number of amides is 2. The number of carbonyl (C=O) groups is 2. The Morgan fingerprint density at radius 2 is 1.80 bits per heavy atom. The molecule has 2 N–H and O–H groups in total. The minimum atomic E-state index is -0.291. The average Bonchev–Trinajstić information content (AvgIpc) is 2.58. The fourth-order valence-electron chi connectivity index (χ4n) is 1.95. The minimum Gasteiger partial charge on any atom is -0.326 e. The van der Waals surface area contributed by atoms with E-state index in [1.54, 1.807) is 37.4 Å². The van der Waals surface area contributed by atoms with Crippen LogP contribution < -0.4 is 10.7 Å². The van der Waals surface area contributed by atoms with Crippen LogP contribution in [0.3, 0.4) is 0 Å². The van der Waals surface area contributed by atoms with Gasteiger partial charge in [0.2, 0.25) is 5.91 Å². The molecule has 5 nitrogen and oxygen atoms in total. The van der Waals surface area contributed by atoms with Crippen LogP contribution in [0.4, 0.5) is 5.69 Å². The summed E-state index contributed by atoms with van der Waals surface area (Å²) in [6, 6.07) is 6.69. The zero-order valence-corrected chi connectivity index (χ0v) is 15.4. The summed E-state index contributed by atoms with van der Waals surface area (Å²) in [6.07, 6.45) is 8.07. The lowest BCUT2D eigenvalue weighted by molar-refractivity contribution is -0.115. The maximum absolute atomic E-state index is 12.0. The number of anilines is 1. The number of carbonyl (C=O) groups excluding carboxylic acids is 2. The highest BCUT2D eigenvalue weighted by atomic mass is 16.2. The first kappa shape index (κ1) is 20.4. The molecule has 1 aromatic carbocycles. The van der Waals surface area contributed by atoms with Crippen molar-refractivity contribution in [3.8, 4) is 0 Å². The summed E-state index contributed by atoms with van der Waals surface area (Å²) < 4.78 is 0. The first-order valence-corrected chi connectivity index (χ1v) is 8.44. The first-order chi connectivity index (χ1) is 11.9. The van der Waals surface area contributed by atoms with Gasteiger partial charge in [-0.05, 0) is 64.0 Å². The highest BCUT2D eigenvalue weighted by molar-refractivity contribution is 5.96. The van der Waals surface area contributed by atoms with Gasteiger partial charge in [0.15, 0.2) is 0 Å². The number of hydrazone groups is 1. The molecule has 0 spiro atoms. The van der Waals surface area contributed by atoms with Crippen LogP contribution >= 0.6 is 0 Å². The van der Waals surface area contributed by atoms with Crippen molar-refractivity contribution in [3.05, 3.63) is 53.1 Å². The quantitative estimate of drug-likeness (QED) is 0.417. The zero-order chi connectivity index (χ0) is 18.7. The standard InChI is InChI=1S/C20H27N3O2/c1-5-19(24)22-18-11-9-17(10-12-18)20(25)23-21-14-13-16(4)8-6-7-15(2)3/h7,9-14H,5-6,8H2,1-4H3,(H,22,24)(H,23,25). The van der Waals surface area contributed by atoms with Crippen molar-refractivity contribution in [2.75, 3.05) is 5.32 Å². The van der Waals surface area contributed by atoms with E-state index in [0.717, 1.165) is 12.8 Å². The molecule has 1 aromatic rings. The maximum Gasteiger partial charge on any atom is 0.271 e. The van der Waals surface area contributed by atoms with E-state index in [-0.39, 0.29) is 11.8 Å². The number of nitrogens with one attached hydrogen (secondary N) is 2. The Balaban J connectivity index is 2.48. The van der Waals surface area contributed by atoms with Gasteiger partial charge in [-0.25, -0.2) is 5.43 Å². The topological polar surface area (TPSA) is 70.6 Å². The first-order valence-electron chi connectivity index (χ1n) is 8.44. The number of rotatable bonds is 8. The summed E-state index contributed by atoms with van der Waals surface area (Å²) >= 11 is 0. The second-order valence-electron chi connectivity index (χ2n) is 6.03. The molecule has 0 heterocycles. The van der Waals surface area contributed by atoms with Crippen molar-refractivity contribution in [2.24, 2.45) is 5.10 Å². The van der Waals surface area contributed by atoms with Gasteiger partial charge in [0, 0.05) is 23.9 Å². The SMILES string of the molecule is CCC(=O)Nc1ccc(C(=O)NN=CC=C(C)CCC=C(C)C)cc1. The van der Waals surface area contributed by atoms with Crippen LogP contribution in [0.5, 0.6) is 0 Å². The van der Waals surface area contributed by atoms with Gasteiger partial charge in [-0.1, -0.05) is 24.1 Å². The van der Waals surface area contributed by atoms with Gasteiger partial charge < -0.3 is 5.32 Å². The Hall–Kier alpha value is -2.69. The van der Waals surface area contributed by atoms with E-state index >= 15 is 0 Å². The van der Waals surface area contributed by atoms with Crippen LogP contribution in [0.1, 0.15) is 57.3 Å². The molecule has 0 fully saturated rings. The highest BCUT2D eigenvalue weighted by Gasteiger charge is 2.04. The fraction of sp³-hybridized carbons (Fsp3) is 0.350. The monoisotopic (exact) mass is 341 g/mol. The Morgan fingerprint density at radius 3 is 2.40 bits per heavy atom. The van der Waals surface area contributed by atoms with Crippen LogP contribution in [-0.2, 0) is 4.79 Å². The molecule has 1 rings (SSSR count). The molecule has 134 valence electrons. The normalized spacial score (nSPS) is 11.3. The Bertz CT molecular complexity index is 667. The van der Waals surface area contributed by atoms with Crippen LogP contribution in [0, 0.1) is 0 Å². The van der Waals surface area contributed by atoms with Crippen molar-refractivity contribution in [2.45, 2.75) is 47.0 Å². The van der Waals surface area contributed by atoms with E-state index in [0.29, 0.717) is 17.7 Å². The molecule has 0 bridgehead atoms. The van der Waals surface area contributed by atoms with Crippen LogP contribution in [0.2, 0.25) is 0 Å². The van der Waals surface area contributed by atoms with Gasteiger partial charge in [-0.3, -0.25) is 9.59 Å². The molecular weight excluding hydrogens is 314 g/mol. The largest absolute Gasteiger partial charge is 0.326 e. The second kappa shape index (κ2) is 11.0. The highest BCUT2D eigenvalue weighted by Crippen LogP contribution is 2.10. The predicted molar refractivity (Wildman–Crippen MR) is 104 cm³/mol. The summed E-state index contributed by atoms with van der Waals surface area (Å²) in [6.45, 7) is 7.99. The van der Waals surface area contributed by atoms with Crippen molar-refractivity contribution in [3.63, 3.8) is 0 Å². The average molecular weight is 341 g/mol. The van der Waals surface area contributed by atoms with Crippen molar-refractivity contribution in [1.82, 2.24) is 5.43 Å². The summed E-state index contributed by atoms with van der Waals surface area (Å²) in [5.74, 6) is -0.353. The number of allylic oxidation sites excluding steroid dienone is 4. The fourth-order valence-corrected chi connectivity index (χ4v) is 1.95. The van der Waals surface area contributed by atoms with Gasteiger partial charge in [-0.15, -0.1) is 0 Å². The third-order valence-corrected chi connectivity index (χ3v) is 3.44. The number of hydrogen-bond donors (Lipinski definition) is 2. The molecule has 0 unspecified atom stereocenters. The van der Waals surface area contributed by atoms with Crippen LogP contribution in [0.25, 0.3) is 0 Å². The van der Waals surface area contributed by atoms with Crippen LogP contribution in [-0.4, -0.2) is 18.0 Å². The minimum absolute atomic E-state index is 0.0615. The molecule has 5 heteroatoms. The molecular formula is C20H27N3O2. The number of nitrogens with zero attached hydrogens (tertiary/aromatic N) is 1. The van der Waals surface area contributed by atoms with Gasteiger partial charge in [0.1, 0.15) is 0 Å². The third-order valence-electron chi connectivity index (χ3n) is 3.44. The van der Waals surface area contributed by atoms with Gasteiger partial charge in [0.25, 0.3) is 5.91 Å². The lowest BCUT2D eigenvalue weighted by Gasteiger charge is -2.04. The summed E-state index contributed by atoms with van der Waals surface area (Å²) in [4.78, 5) is 23.3. The van der Waals surface area contributed by atoms with E-state index in [9.17, 15) is 9.59 Å². The molecule has 0 aliphatic rings. The Labute approximate surface area is 149 Å². The van der Waals surface area contributed by atoms with Crippen molar-refractivity contribution < 1.29 is 9.59 Å². The smallest absolute Gasteiger partial charge is 0.271 e. The van der Waals surface area contributed by atoms with E-state index in [4.69, 9.17) is 0 Å². The van der Waals surface area contributed by atoms with Gasteiger partial charge >= 0.3 is 0 Å². The predicted octanol–water partition coefficient (Wildman–Crippen LogP) is 4.44. The van der Waals surface area contributed by atoms with Crippen molar-refractivity contribution >= 4 is 23.7 Å². The summed E-state index contributed by atoms with van der Waals surface area (Å²) in [5, 5.41) is 6.66. The summed E-state index contributed by atoms with van der Waals surface area (Å²) in [7, 11) is 0. The molecule has 2 amide bonds. The van der Waals surface area contributed by atoms with Gasteiger partial charge in [-0.2, -0.15) is 5.10 Å². The van der Waals surface area contributed by atoms with E-state index < -0.39 is 0 Å². The Kier molecular flexibility index (Phi) is 8.93. The third kappa shape index (κ3) is 8.65.